The molecule has 0 aromatic heterocycles. The monoisotopic (exact) mass is 270 g/mol. The second kappa shape index (κ2) is 3.62. The molecule has 0 rings (SSSR count). The summed E-state index contributed by atoms with van der Waals surface area (Å²) in [6.07, 6.45) is 0. The first-order valence-electron chi connectivity index (χ1n) is 3.74. The molecule has 11 heavy (non-hydrogen) atoms. The van der Waals surface area contributed by atoms with E-state index in [9.17, 15) is 10.2 Å². The molecule has 2 atom stereocenters. The van der Waals surface area contributed by atoms with Crippen LogP contribution >= 0.6 is 22.6 Å². The van der Waals surface area contributed by atoms with Crippen LogP contribution in [0.1, 0.15) is 20.8 Å². The second-order valence-electron chi connectivity index (χ2n) is 3.76. The molecule has 2 N–H and O–H groups in total. The van der Waals surface area contributed by atoms with Gasteiger partial charge >= 0.3 is 0 Å². The zero-order chi connectivity index (χ0) is 9.28. The number of hydrogen-bond acceptors (Lipinski definition) is 2. The van der Waals surface area contributed by atoms with Gasteiger partial charge in [0.1, 0.15) is 7.85 Å². The van der Waals surface area contributed by atoms with E-state index in [4.69, 9.17) is 0 Å². The van der Waals surface area contributed by atoms with Crippen LogP contribution in [0.3, 0.4) is 0 Å². The lowest BCUT2D eigenvalue weighted by molar-refractivity contribution is -0.119. The van der Waals surface area contributed by atoms with Crippen molar-refractivity contribution in [3.05, 3.63) is 0 Å². The first-order chi connectivity index (χ1) is 4.73. The minimum Gasteiger partial charge on any atom is -0.388 e. The van der Waals surface area contributed by atoms with Crippen molar-refractivity contribution in [2.45, 2.75) is 37.8 Å². The second-order valence-corrected chi connectivity index (χ2v) is 4.64. The Morgan fingerprint density at radius 1 is 1.36 bits per heavy atom. The topological polar surface area (TPSA) is 40.5 Å². The van der Waals surface area contributed by atoms with Crippen LogP contribution < -0.4 is 0 Å². The van der Waals surface area contributed by atoms with Gasteiger partial charge in [-0.15, -0.1) is 0 Å². The molecule has 4 heteroatoms. The van der Waals surface area contributed by atoms with Gasteiger partial charge in [-0.25, -0.2) is 0 Å². The Morgan fingerprint density at radius 3 is 1.82 bits per heavy atom. The van der Waals surface area contributed by atoms with Crippen molar-refractivity contribution in [2.24, 2.45) is 0 Å². The zero-order valence-electron chi connectivity index (χ0n) is 7.56. The fraction of sp³-hybridized carbons (Fsp3) is 1.00. The third kappa shape index (κ3) is 2.59. The Balaban J connectivity index is 4.45. The van der Waals surface area contributed by atoms with Gasteiger partial charge in [-0.2, -0.15) is 0 Å². The molecule has 0 saturated carbocycles. The average Bonchev–Trinajstić information content (AvgIpc) is 1.83. The van der Waals surface area contributed by atoms with E-state index < -0.39 is 11.2 Å². The molecule has 66 valence electrons. The van der Waals surface area contributed by atoms with Crippen LogP contribution in [0.2, 0.25) is 5.82 Å². The predicted molar refractivity (Wildman–Crippen MR) is 58.1 cm³/mol. The van der Waals surface area contributed by atoms with E-state index in [0.717, 1.165) is 4.43 Å². The fourth-order valence-electron chi connectivity index (χ4n) is 0.753. The summed E-state index contributed by atoms with van der Waals surface area (Å²) in [5.74, 6) is 0.100. The SMILES string of the molecule is BC(CI)C(C)(O)C(C)(C)O. The molecule has 0 bridgehead atoms. The summed E-state index contributed by atoms with van der Waals surface area (Å²) in [5, 5.41) is 19.5. The van der Waals surface area contributed by atoms with Crippen molar-refractivity contribution in [1.82, 2.24) is 0 Å². The van der Waals surface area contributed by atoms with Gasteiger partial charge in [0.2, 0.25) is 0 Å². The van der Waals surface area contributed by atoms with Crippen molar-refractivity contribution in [3.8, 4) is 0 Å². The van der Waals surface area contributed by atoms with E-state index in [-0.39, 0.29) is 5.82 Å². The molecule has 0 aliphatic rings. The van der Waals surface area contributed by atoms with Gasteiger partial charge in [0, 0.05) is 0 Å². The number of rotatable bonds is 3. The normalized spacial score (nSPS) is 20.9. The quantitative estimate of drug-likeness (QED) is 0.442. The minimum absolute atomic E-state index is 0.100. The van der Waals surface area contributed by atoms with E-state index in [1.54, 1.807) is 20.8 Å². The van der Waals surface area contributed by atoms with Crippen molar-refractivity contribution in [1.29, 1.82) is 0 Å². The van der Waals surface area contributed by atoms with Crippen LogP contribution in [0.5, 0.6) is 0 Å². The minimum atomic E-state index is -1.03. The van der Waals surface area contributed by atoms with Crippen LogP contribution in [-0.2, 0) is 0 Å². The molecular formula is C7H16BIO2. The molecule has 2 nitrogen and oxygen atoms in total. The standard InChI is InChI=1S/C7H16BIO2/c1-6(2,10)7(3,11)5(8)4-9/h5,10-11H,4,8H2,1-3H3. The largest absolute Gasteiger partial charge is 0.388 e. The summed E-state index contributed by atoms with van der Waals surface area (Å²) in [6.45, 7) is 4.95. The summed E-state index contributed by atoms with van der Waals surface area (Å²) >= 11 is 2.21. The first-order valence-corrected chi connectivity index (χ1v) is 5.26. The van der Waals surface area contributed by atoms with Crippen molar-refractivity contribution >= 4 is 30.4 Å². The molecule has 0 spiro atoms. The van der Waals surface area contributed by atoms with Gasteiger partial charge in [-0.05, 0) is 31.0 Å². The highest BCUT2D eigenvalue weighted by Gasteiger charge is 2.41. The van der Waals surface area contributed by atoms with Crippen molar-refractivity contribution < 1.29 is 10.2 Å². The highest BCUT2D eigenvalue weighted by Crippen LogP contribution is 2.32. The van der Waals surface area contributed by atoms with E-state index >= 15 is 0 Å². The van der Waals surface area contributed by atoms with E-state index in [1.807, 2.05) is 7.85 Å². The van der Waals surface area contributed by atoms with Crippen LogP contribution in [0.15, 0.2) is 0 Å². The molecule has 0 radical (unpaired) electrons. The van der Waals surface area contributed by atoms with Crippen LogP contribution in [0.25, 0.3) is 0 Å². The molecule has 0 heterocycles. The third-order valence-electron chi connectivity index (χ3n) is 2.43. The number of aliphatic hydroxyl groups is 2. The maximum atomic E-state index is 9.86. The van der Waals surface area contributed by atoms with Gasteiger partial charge in [0.25, 0.3) is 0 Å². The molecule has 0 aliphatic heterocycles. The first kappa shape index (κ1) is 11.7. The van der Waals surface area contributed by atoms with Gasteiger partial charge in [0.15, 0.2) is 0 Å². The summed E-state index contributed by atoms with van der Waals surface area (Å²) in [4.78, 5) is 0. The van der Waals surface area contributed by atoms with Gasteiger partial charge in [-0.3, -0.25) is 0 Å². The number of halogens is 1. The molecule has 0 aromatic rings. The van der Waals surface area contributed by atoms with Crippen LogP contribution in [-0.4, -0.2) is 33.7 Å². The fourth-order valence-corrected chi connectivity index (χ4v) is 1.61. The Hall–Kier alpha value is 0.715. The Labute approximate surface area is 82.9 Å². The summed E-state index contributed by atoms with van der Waals surface area (Å²) < 4.78 is 0.842. The highest BCUT2D eigenvalue weighted by molar-refractivity contribution is 14.1. The van der Waals surface area contributed by atoms with Crippen molar-refractivity contribution in [3.63, 3.8) is 0 Å². The number of hydrogen-bond donors (Lipinski definition) is 2. The predicted octanol–water partition coefficient (Wildman–Crippen LogP) is 0.365. The molecule has 0 aromatic carbocycles. The smallest absolute Gasteiger partial charge is 0.110 e. The summed E-state index contributed by atoms with van der Waals surface area (Å²) in [7, 11) is 1.93. The molecular weight excluding hydrogens is 254 g/mol. The van der Waals surface area contributed by atoms with Crippen LogP contribution in [0, 0.1) is 0 Å². The lowest BCUT2D eigenvalue weighted by Gasteiger charge is -2.40. The van der Waals surface area contributed by atoms with E-state index in [2.05, 4.69) is 22.6 Å². The highest BCUT2D eigenvalue weighted by atomic mass is 127. The molecule has 0 fully saturated rings. The average molecular weight is 270 g/mol. The van der Waals surface area contributed by atoms with Gasteiger partial charge in [-0.1, -0.05) is 22.6 Å². The van der Waals surface area contributed by atoms with Gasteiger partial charge < -0.3 is 10.2 Å². The zero-order valence-corrected chi connectivity index (χ0v) is 9.71. The molecule has 0 saturated heterocycles. The van der Waals surface area contributed by atoms with Crippen molar-refractivity contribution in [2.75, 3.05) is 4.43 Å². The Kier molecular flexibility index (Phi) is 3.85. The lowest BCUT2D eigenvalue weighted by atomic mass is 9.68. The maximum absolute atomic E-state index is 9.86. The third-order valence-corrected chi connectivity index (χ3v) is 3.75. The number of alkyl halides is 1. The van der Waals surface area contributed by atoms with E-state index in [1.165, 1.54) is 0 Å². The molecule has 2 unspecified atom stereocenters. The van der Waals surface area contributed by atoms with E-state index in [0.29, 0.717) is 0 Å². The lowest BCUT2D eigenvalue weighted by Crippen LogP contribution is -2.51. The molecule has 0 aliphatic carbocycles. The Bertz CT molecular complexity index is 131. The summed E-state index contributed by atoms with van der Waals surface area (Å²) in [6, 6.07) is 0. The van der Waals surface area contributed by atoms with Crippen LogP contribution in [0.4, 0.5) is 0 Å². The summed E-state index contributed by atoms with van der Waals surface area (Å²) in [5.41, 5.74) is -2.04. The maximum Gasteiger partial charge on any atom is 0.110 e. The molecule has 0 amide bonds. The van der Waals surface area contributed by atoms with Gasteiger partial charge in [0.05, 0.1) is 11.2 Å². The Morgan fingerprint density at radius 2 is 1.73 bits per heavy atom.